The molecule has 0 bridgehead atoms. The second-order valence-electron chi connectivity index (χ2n) is 5.19. The Balaban J connectivity index is 1.96. The minimum absolute atomic E-state index is 0.0778. The lowest BCUT2D eigenvalue weighted by molar-refractivity contribution is 0.397. The van der Waals surface area contributed by atoms with Crippen molar-refractivity contribution in [1.29, 1.82) is 5.26 Å². The molecule has 3 rings (SSSR count). The third kappa shape index (κ3) is 3.85. The fourth-order valence-electron chi connectivity index (χ4n) is 2.26. The molecule has 0 amide bonds. The van der Waals surface area contributed by atoms with E-state index in [1.807, 2.05) is 41.8 Å². The van der Waals surface area contributed by atoms with Crippen molar-refractivity contribution in [2.75, 3.05) is 0 Å². The predicted molar refractivity (Wildman–Crippen MR) is 103 cm³/mol. The highest BCUT2D eigenvalue weighted by molar-refractivity contribution is 7.11. The Bertz CT molecular complexity index is 944. The Morgan fingerprint density at radius 1 is 1.12 bits per heavy atom. The van der Waals surface area contributed by atoms with Crippen LogP contribution in [-0.2, 0) is 0 Å². The number of aromatic nitrogens is 1. The maximum Gasteiger partial charge on any atom is 0.138 e. The van der Waals surface area contributed by atoms with E-state index in [0.717, 1.165) is 5.56 Å². The van der Waals surface area contributed by atoms with Gasteiger partial charge in [-0.2, -0.15) is 5.26 Å². The van der Waals surface area contributed by atoms with Gasteiger partial charge in [-0.15, -0.1) is 22.9 Å². The molecule has 0 saturated heterocycles. The molecule has 0 aliphatic rings. The molecule has 2 aromatic carbocycles. The Kier molecular flexibility index (Phi) is 5.40. The van der Waals surface area contributed by atoms with Crippen molar-refractivity contribution in [3.05, 3.63) is 81.3 Å². The van der Waals surface area contributed by atoms with Crippen molar-refractivity contribution in [2.24, 2.45) is 0 Å². The molecule has 3 nitrogen and oxygen atoms in total. The third-order valence-electron chi connectivity index (χ3n) is 3.56. The van der Waals surface area contributed by atoms with Gasteiger partial charge in [0.1, 0.15) is 27.8 Å². The van der Waals surface area contributed by atoms with Crippen LogP contribution in [0.1, 0.15) is 15.9 Å². The molecule has 1 atom stereocenters. The number of thiazole rings is 1. The van der Waals surface area contributed by atoms with E-state index in [9.17, 15) is 10.4 Å². The van der Waals surface area contributed by atoms with E-state index in [-0.39, 0.29) is 11.3 Å². The van der Waals surface area contributed by atoms with Gasteiger partial charge in [-0.3, -0.25) is 0 Å². The number of nitrogens with zero attached hydrogens (tertiary/aromatic N) is 2. The number of hydrogen-bond acceptors (Lipinski definition) is 4. The summed E-state index contributed by atoms with van der Waals surface area (Å²) in [6, 6.07) is 18.4. The number of allylic oxidation sites excluding steroid dienone is 2. The summed E-state index contributed by atoms with van der Waals surface area (Å²) in [5, 5.41) is 22.0. The summed E-state index contributed by atoms with van der Waals surface area (Å²) in [5.74, 6) is -0.202. The standard InChI is InChI=1S/C19H12Cl2N2OS/c20-14-8-6-12(7-9-14)16-11-25-19(23-16)15(10-22)18(24)17(21)13-4-2-1-3-5-13/h1-9,11,17,24H/b18-15-/t17-/m1/s1. The molecule has 0 fully saturated rings. The van der Waals surface area contributed by atoms with Gasteiger partial charge in [0.2, 0.25) is 0 Å². The van der Waals surface area contributed by atoms with Crippen LogP contribution in [0.5, 0.6) is 0 Å². The van der Waals surface area contributed by atoms with Crippen LogP contribution < -0.4 is 0 Å². The molecule has 1 heterocycles. The van der Waals surface area contributed by atoms with Gasteiger partial charge in [0.25, 0.3) is 0 Å². The van der Waals surface area contributed by atoms with Crippen LogP contribution in [0, 0.1) is 11.3 Å². The molecule has 124 valence electrons. The van der Waals surface area contributed by atoms with Crippen LogP contribution in [0.2, 0.25) is 5.02 Å². The first-order chi connectivity index (χ1) is 12.1. The summed E-state index contributed by atoms with van der Waals surface area (Å²) in [7, 11) is 0. The topological polar surface area (TPSA) is 56.9 Å². The average molecular weight is 387 g/mol. The molecule has 6 heteroatoms. The Hall–Kier alpha value is -2.32. The molecule has 3 aromatic rings. The summed E-state index contributed by atoms with van der Waals surface area (Å²) in [6.07, 6.45) is 0. The maximum absolute atomic E-state index is 10.5. The van der Waals surface area contributed by atoms with E-state index in [2.05, 4.69) is 4.98 Å². The van der Waals surface area contributed by atoms with Crippen molar-refractivity contribution >= 4 is 40.1 Å². The van der Waals surface area contributed by atoms with Crippen molar-refractivity contribution in [3.63, 3.8) is 0 Å². The first kappa shape index (κ1) is 17.5. The zero-order valence-corrected chi connectivity index (χ0v) is 15.2. The van der Waals surface area contributed by atoms with Crippen molar-refractivity contribution in [3.8, 4) is 17.3 Å². The second-order valence-corrected chi connectivity index (χ2v) is 6.92. The quantitative estimate of drug-likeness (QED) is 0.328. The van der Waals surface area contributed by atoms with E-state index in [1.54, 1.807) is 24.3 Å². The smallest absolute Gasteiger partial charge is 0.138 e. The number of aliphatic hydroxyl groups excluding tert-OH is 1. The van der Waals surface area contributed by atoms with Crippen LogP contribution in [0.4, 0.5) is 0 Å². The van der Waals surface area contributed by atoms with Crippen LogP contribution in [-0.4, -0.2) is 10.1 Å². The summed E-state index contributed by atoms with van der Waals surface area (Å²) in [4.78, 5) is 4.45. The van der Waals surface area contributed by atoms with E-state index >= 15 is 0 Å². The summed E-state index contributed by atoms with van der Waals surface area (Å²) in [6.45, 7) is 0. The molecule has 1 N–H and O–H groups in total. The average Bonchev–Trinajstić information content (AvgIpc) is 3.12. The van der Waals surface area contributed by atoms with Crippen molar-refractivity contribution in [1.82, 2.24) is 4.98 Å². The van der Waals surface area contributed by atoms with E-state index in [4.69, 9.17) is 23.2 Å². The molecular formula is C19H12Cl2N2OS. The van der Waals surface area contributed by atoms with E-state index < -0.39 is 5.38 Å². The van der Waals surface area contributed by atoms with Crippen LogP contribution in [0.3, 0.4) is 0 Å². The number of benzene rings is 2. The van der Waals surface area contributed by atoms with Gasteiger partial charge in [-0.05, 0) is 17.7 Å². The van der Waals surface area contributed by atoms with Gasteiger partial charge in [0, 0.05) is 16.0 Å². The number of aliphatic hydroxyl groups is 1. The lowest BCUT2D eigenvalue weighted by Gasteiger charge is -2.10. The number of rotatable bonds is 4. The highest BCUT2D eigenvalue weighted by Crippen LogP contribution is 2.34. The monoisotopic (exact) mass is 386 g/mol. The van der Waals surface area contributed by atoms with Crippen LogP contribution >= 0.6 is 34.5 Å². The second kappa shape index (κ2) is 7.71. The molecule has 0 radical (unpaired) electrons. The zero-order valence-electron chi connectivity index (χ0n) is 12.9. The maximum atomic E-state index is 10.5. The number of hydrogen-bond donors (Lipinski definition) is 1. The largest absolute Gasteiger partial charge is 0.509 e. The minimum atomic E-state index is -0.807. The molecule has 0 saturated carbocycles. The van der Waals surface area contributed by atoms with Crippen LogP contribution in [0.15, 0.2) is 65.7 Å². The first-order valence-electron chi connectivity index (χ1n) is 7.34. The Morgan fingerprint density at radius 3 is 2.44 bits per heavy atom. The van der Waals surface area contributed by atoms with Crippen molar-refractivity contribution in [2.45, 2.75) is 5.38 Å². The molecule has 0 aliphatic heterocycles. The van der Waals surface area contributed by atoms with E-state index in [1.165, 1.54) is 11.3 Å². The third-order valence-corrected chi connectivity index (χ3v) is 5.13. The number of alkyl halides is 1. The normalized spacial score (nSPS) is 13.0. The molecule has 0 spiro atoms. The fourth-order valence-corrected chi connectivity index (χ4v) is 3.47. The Labute approximate surface area is 159 Å². The lowest BCUT2D eigenvalue weighted by atomic mass is 10.1. The van der Waals surface area contributed by atoms with Crippen molar-refractivity contribution < 1.29 is 5.11 Å². The van der Waals surface area contributed by atoms with Gasteiger partial charge in [0.15, 0.2) is 0 Å². The summed E-state index contributed by atoms with van der Waals surface area (Å²) < 4.78 is 0. The van der Waals surface area contributed by atoms with E-state index in [0.29, 0.717) is 21.3 Å². The highest BCUT2D eigenvalue weighted by atomic mass is 35.5. The van der Waals surface area contributed by atoms with Gasteiger partial charge >= 0.3 is 0 Å². The molecule has 0 aliphatic carbocycles. The molecule has 1 aromatic heterocycles. The predicted octanol–water partition coefficient (Wildman–Crippen LogP) is 6.24. The fraction of sp³-hybridized carbons (Fsp3) is 0.0526. The summed E-state index contributed by atoms with van der Waals surface area (Å²) >= 11 is 13.5. The Morgan fingerprint density at radius 2 is 1.80 bits per heavy atom. The van der Waals surface area contributed by atoms with Gasteiger partial charge < -0.3 is 5.11 Å². The first-order valence-corrected chi connectivity index (χ1v) is 9.03. The summed E-state index contributed by atoms with van der Waals surface area (Å²) in [5.41, 5.74) is 2.38. The van der Waals surface area contributed by atoms with Gasteiger partial charge in [-0.1, -0.05) is 54.1 Å². The van der Waals surface area contributed by atoms with Gasteiger partial charge in [0.05, 0.1) is 5.69 Å². The number of halogens is 2. The molecular weight excluding hydrogens is 375 g/mol. The van der Waals surface area contributed by atoms with Gasteiger partial charge in [-0.25, -0.2) is 4.98 Å². The zero-order chi connectivity index (χ0) is 17.8. The SMILES string of the molecule is N#C/C(=C(/O)[C@H](Cl)c1ccccc1)c1nc(-c2ccc(Cl)cc2)cs1. The lowest BCUT2D eigenvalue weighted by Crippen LogP contribution is -1.98. The minimum Gasteiger partial charge on any atom is -0.509 e. The number of nitriles is 1. The molecule has 0 unspecified atom stereocenters. The van der Waals surface area contributed by atoms with Crippen LogP contribution in [0.25, 0.3) is 16.8 Å². The highest BCUT2D eigenvalue weighted by Gasteiger charge is 2.21. The molecule has 25 heavy (non-hydrogen) atoms.